The van der Waals surface area contributed by atoms with E-state index >= 15 is 0 Å². The van der Waals surface area contributed by atoms with E-state index in [9.17, 15) is 0 Å². The molecule has 1 aliphatic carbocycles. The topological polar surface area (TPSA) is 3.24 Å². The Bertz CT molecular complexity index is 2840. The van der Waals surface area contributed by atoms with Crippen molar-refractivity contribution in [3.8, 4) is 44.5 Å². The number of rotatable bonds is 6. The first-order valence-corrected chi connectivity index (χ1v) is 21.3. The minimum atomic E-state index is -0.0213. The Morgan fingerprint density at radius 1 is 0.446 bits per heavy atom. The molecule has 11 rings (SSSR count). The van der Waals surface area contributed by atoms with Gasteiger partial charge in [-0.05, 0) is 145 Å². The molecule has 2 aliphatic rings. The molecule has 0 bridgehead atoms. The van der Waals surface area contributed by atoms with Gasteiger partial charge in [0, 0.05) is 11.4 Å². The molecular weight excluding hydrogens is 695 g/mol. The average molecular weight is 738 g/mol. The molecule has 1 heterocycles. The Morgan fingerprint density at radius 2 is 0.875 bits per heavy atom. The standard InChI is InChI=1S/C54H43NS/c1-53-31-15-16-32-54(53,56-2)49-33-39(25-30-50(49)55(53)40-23-13-6-14-24-40)48-35-47(38-21-11-5-12-22-38)43-27-26-41-45(36-17-7-3-8-18-36)34-46(37-19-9-4-10-20-37)42-28-29-44(48)52(43)51(41)42/h3-14,17-30,33-35H,15-16,31-32H2,1-2H3. The summed E-state index contributed by atoms with van der Waals surface area (Å²) in [5.41, 5.74) is 14.3. The number of fused-ring (bicyclic) bond motifs is 3. The summed E-state index contributed by atoms with van der Waals surface area (Å²) in [7, 11) is 0. The zero-order valence-corrected chi connectivity index (χ0v) is 32.7. The van der Waals surface area contributed by atoms with Gasteiger partial charge < -0.3 is 4.90 Å². The second kappa shape index (κ2) is 12.9. The Morgan fingerprint density at radius 3 is 1.34 bits per heavy atom. The van der Waals surface area contributed by atoms with Crippen molar-refractivity contribution in [1.82, 2.24) is 0 Å². The Hall–Kier alpha value is -5.83. The van der Waals surface area contributed by atoms with Crippen LogP contribution in [0.5, 0.6) is 0 Å². The Balaban J connectivity index is 1.24. The lowest BCUT2D eigenvalue weighted by Crippen LogP contribution is -2.54. The van der Waals surface area contributed by atoms with E-state index in [0.717, 1.165) is 0 Å². The molecule has 0 saturated heterocycles. The zero-order valence-electron chi connectivity index (χ0n) is 31.9. The number of hydrogen-bond donors (Lipinski definition) is 0. The monoisotopic (exact) mass is 737 g/mol. The molecular formula is C54H43NS. The van der Waals surface area contributed by atoms with Crippen LogP contribution in [0.15, 0.2) is 176 Å². The third-order valence-corrected chi connectivity index (χ3v) is 14.9. The molecule has 1 nitrogen and oxygen atoms in total. The second-order valence-electron chi connectivity index (χ2n) is 16.0. The lowest BCUT2D eigenvalue weighted by molar-refractivity contribution is 0.262. The van der Waals surface area contributed by atoms with Crippen molar-refractivity contribution in [2.75, 3.05) is 11.2 Å². The molecule has 9 aromatic rings. The summed E-state index contributed by atoms with van der Waals surface area (Å²) in [6, 6.07) is 66.0. The van der Waals surface area contributed by atoms with E-state index in [1.165, 1.54) is 119 Å². The first-order valence-electron chi connectivity index (χ1n) is 20.1. The van der Waals surface area contributed by atoms with Gasteiger partial charge in [0.25, 0.3) is 0 Å². The van der Waals surface area contributed by atoms with E-state index in [-0.39, 0.29) is 10.3 Å². The van der Waals surface area contributed by atoms with Gasteiger partial charge >= 0.3 is 0 Å². The van der Waals surface area contributed by atoms with E-state index in [0.29, 0.717) is 0 Å². The fourth-order valence-corrected chi connectivity index (χ4v) is 12.1. The third-order valence-electron chi connectivity index (χ3n) is 13.3. The van der Waals surface area contributed by atoms with Crippen molar-refractivity contribution < 1.29 is 0 Å². The zero-order chi connectivity index (χ0) is 37.4. The maximum atomic E-state index is 2.69. The van der Waals surface area contributed by atoms with Crippen LogP contribution in [0.3, 0.4) is 0 Å². The maximum absolute atomic E-state index is 2.69. The minimum Gasteiger partial charge on any atom is -0.334 e. The smallest absolute Gasteiger partial charge is 0.0658 e. The number of para-hydroxylation sites is 1. The number of benzene rings is 9. The van der Waals surface area contributed by atoms with Crippen molar-refractivity contribution in [3.63, 3.8) is 0 Å². The summed E-state index contributed by atoms with van der Waals surface area (Å²) in [6.07, 6.45) is 7.23. The quantitative estimate of drug-likeness (QED) is 0.156. The highest BCUT2D eigenvalue weighted by atomic mass is 32.2. The van der Waals surface area contributed by atoms with E-state index in [1.807, 2.05) is 0 Å². The summed E-state index contributed by atoms with van der Waals surface area (Å²) in [4.78, 5) is 2.69. The minimum absolute atomic E-state index is 0.00630. The van der Waals surface area contributed by atoms with Crippen LogP contribution < -0.4 is 4.90 Å². The van der Waals surface area contributed by atoms with Crippen LogP contribution in [0, 0.1) is 0 Å². The molecule has 2 atom stereocenters. The highest BCUT2D eigenvalue weighted by Gasteiger charge is 2.60. The highest BCUT2D eigenvalue weighted by molar-refractivity contribution is 7.99. The molecule has 0 aromatic heterocycles. The van der Waals surface area contributed by atoms with Gasteiger partial charge in [0.15, 0.2) is 0 Å². The first-order chi connectivity index (χ1) is 27.6. The van der Waals surface area contributed by atoms with Crippen molar-refractivity contribution in [1.29, 1.82) is 0 Å². The van der Waals surface area contributed by atoms with Crippen LogP contribution >= 0.6 is 11.8 Å². The molecule has 1 fully saturated rings. The lowest BCUT2D eigenvalue weighted by atomic mass is 9.71. The van der Waals surface area contributed by atoms with Crippen molar-refractivity contribution >= 4 is 55.5 Å². The Labute approximate surface area is 334 Å². The fraction of sp³-hybridized carbons (Fsp3) is 0.148. The molecule has 0 spiro atoms. The third kappa shape index (κ3) is 4.75. The predicted molar refractivity (Wildman–Crippen MR) is 243 cm³/mol. The van der Waals surface area contributed by atoms with Crippen LogP contribution in [0.25, 0.3) is 76.8 Å². The van der Waals surface area contributed by atoms with Crippen molar-refractivity contribution in [2.24, 2.45) is 0 Å². The molecule has 0 radical (unpaired) electrons. The molecule has 1 aliphatic heterocycles. The molecule has 9 aromatic carbocycles. The maximum Gasteiger partial charge on any atom is 0.0658 e. The summed E-state index contributed by atoms with van der Waals surface area (Å²) in [6.45, 7) is 2.54. The molecule has 2 heteroatoms. The van der Waals surface area contributed by atoms with Crippen LogP contribution in [0.4, 0.5) is 11.4 Å². The summed E-state index contributed by atoms with van der Waals surface area (Å²) >= 11 is 2.07. The van der Waals surface area contributed by atoms with Crippen molar-refractivity contribution in [2.45, 2.75) is 42.9 Å². The number of hydrogen-bond acceptors (Lipinski definition) is 2. The Kier molecular flexibility index (Phi) is 7.70. The SMILES string of the molecule is CSC12CCCCC1(C)N(c1ccccc1)c1ccc(-c3cc(-c4ccccc4)c4ccc5c(-c6ccccc6)cc(-c6ccccc6)c6ccc3c4c56)cc12. The summed E-state index contributed by atoms with van der Waals surface area (Å²) in [5.74, 6) is 0. The second-order valence-corrected chi connectivity index (χ2v) is 17.1. The van der Waals surface area contributed by atoms with E-state index in [2.05, 4.69) is 206 Å². The van der Waals surface area contributed by atoms with Gasteiger partial charge in [-0.3, -0.25) is 0 Å². The van der Waals surface area contributed by atoms with Gasteiger partial charge in [-0.25, -0.2) is 0 Å². The van der Waals surface area contributed by atoms with Gasteiger partial charge in [-0.2, -0.15) is 11.8 Å². The van der Waals surface area contributed by atoms with E-state index < -0.39 is 0 Å². The van der Waals surface area contributed by atoms with Crippen molar-refractivity contribution in [3.05, 3.63) is 181 Å². The molecule has 0 N–H and O–H groups in total. The number of nitrogens with zero attached hydrogens (tertiary/aromatic N) is 1. The highest BCUT2D eigenvalue weighted by Crippen LogP contribution is 2.65. The molecule has 1 saturated carbocycles. The molecule has 56 heavy (non-hydrogen) atoms. The van der Waals surface area contributed by atoms with Gasteiger partial charge in [0.1, 0.15) is 0 Å². The number of anilines is 2. The van der Waals surface area contributed by atoms with E-state index in [4.69, 9.17) is 0 Å². The normalized spacial score (nSPS) is 19.1. The van der Waals surface area contributed by atoms with Gasteiger partial charge in [0.2, 0.25) is 0 Å². The summed E-state index contributed by atoms with van der Waals surface area (Å²) in [5, 5.41) is 7.90. The predicted octanol–water partition coefficient (Wildman–Crippen LogP) is 15.3. The molecule has 0 amide bonds. The number of thioether (sulfide) groups is 1. The van der Waals surface area contributed by atoms with Gasteiger partial charge in [-0.15, -0.1) is 0 Å². The largest absolute Gasteiger partial charge is 0.334 e. The lowest BCUT2D eigenvalue weighted by Gasteiger charge is -2.51. The molecule has 2 unspecified atom stereocenters. The first kappa shape index (κ1) is 33.5. The van der Waals surface area contributed by atoms with Crippen LogP contribution in [0.2, 0.25) is 0 Å². The summed E-state index contributed by atoms with van der Waals surface area (Å²) < 4.78 is -0.00630. The van der Waals surface area contributed by atoms with E-state index in [1.54, 1.807) is 0 Å². The van der Waals surface area contributed by atoms with Crippen LogP contribution in [-0.4, -0.2) is 11.8 Å². The van der Waals surface area contributed by atoms with Crippen LogP contribution in [-0.2, 0) is 4.75 Å². The van der Waals surface area contributed by atoms with Crippen LogP contribution in [0.1, 0.15) is 38.2 Å². The molecule has 270 valence electrons. The average Bonchev–Trinajstić information content (AvgIpc) is 3.50. The van der Waals surface area contributed by atoms with Gasteiger partial charge in [-0.1, -0.05) is 152 Å². The van der Waals surface area contributed by atoms with Gasteiger partial charge in [0.05, 0.1) is 10.3 Å². The fourth-order valence-electron chi connectivity index (χ4n) is 10.8.